The molecule has 11 nitrogen and oxygen atoms in total. The number of pyridine rings is 2. The van der Waals surface area contributed by atoms with Crippen molar-refractivity contribution in [3.8, 4) is 0 Å². The van der Waals surface area contributed by atoms with E-state index in [9.17, 15) is 19.5 Å². The lowest BCUT2D eigenvalue weighted by atomic mass is 9.71. The highest BCUT2D eigenvalue weighted by Crippen LogP contribution is 2.38. The lowest BCUT2D eigenvalue weighted by molar-refractivity contribution is -0.117. The van der Waals surface area contributed by atoms with E-state index in [0.29, 0.717) is 23.2 Å². The Hall–Kier alpha value is -3.48. The molecule has 0 saturated carbocycles. The van der Waals surface area contributed by atoms with Gasteiger partial charge in [0.1, 0.15) is 22.7 Å². The van der Waals surface area contributed by atoms with E-state index < -0.39 is 6.03 Å². The van der Waals surface area contributed by atoms with Crippen LogP contribution in [0.15, 0.2) is 24.4 Å². The van der Waals surface area contributed by atoms with Crippen molar-refractivity contribution in [1.29, 1.82) is 0 Å². The van der Waals surface area contributed by atoms with Crippen molar-refractivity contribution in [2.75, 3.05) is 31.1 Å². The topological polar surface area (TPSA) is 141 Å². The van der Waals surface area contributed by atoms with E-state index in [0.717, 1.165) is 73.3 Å². The summed E-state index contributed by atoms with van der Waals surface area (Å²) in [7, 11) is 0. The standard InChI is InChI=1S/C31H39N7O4S/c1-31(2,3)20-5-6-22-19(14-20)15-24-28(34-22)43-29(35-24)27(41)33-23(10-13-37-11-8-21(39)9-12-37)18-4-7-25(32-16-18)38-17-26(40)36-30(38)42/h4,7,15-16,20-21,23,39H,5-6,8-14,17H2,1-3H3,(H,33,41)(H,36,40,42)/t20-,23+/m0/s1. The van der Waals surface area contributed by atoms with Gasteiger partial charge in [-0.05, 0) is 73.1 Å². The second-order valence-electron chi connectivity index (χ2n) is 13.0. The molecule has 0 unspecified atom stereocenters. The number of aromatic nitrogens is 3. The Morgan fingerprint density at radius 2 is 1.98 bits per heavy atom. The molecule has 5 heterocycles. The first-order valence-electron chi connectivity index (χ1n) is 15.1. The van der Waals surface area contributed by atoms with Gasteiger partial charge < -0.3 is 15.3 Å². The Morgan fingerprint density at radius 1 is 1.19 bits per heavy atom. The number of aryl methyl sites for hydroxylation is 1. The largest absolute Gasteiger partial charge is 0.393 e. The van der Waals surface area contributed by atoms with E-state index in [1.807, 2.05) is 6.07 Å². The van der Waals surface area contributed by atoms with Gasteiger partial charge in [0.15, 0.2) is 5.01 Å². The number of nitrogens with one attached hydrogen (secondary N) is 2. The lowest BCUT2D eigenvalue weighted by Gasteiger charge is -2.34. The zero-order valence-corrected chi connectivity index (χ0v) is 25.7. The van der Waals surface area contributed by atoms with Gasteiger partial charge in [0.05, 0.1) is 12.1 Å². The smallest absolute Gasteiger partial charge is 0.330 e. The molecule has 43 heavy (non-hydrogen) atoms. The second kappa shape index (κ2) is 11.9. The van der Waals surface area contributed by atoms with Crippen LogP contribution < -0.4 is 15.5 Å². The summed E-state index contributed by atoms with van der Waals surface area (Å²) < 4.78 is 0. The molecular weight excluding hydrogens is 566 g/mol. The predicted octanol–water partition coefficient (Wildman–Crippen LogP) is 3.61. The SMILES string of the molecule is CC(C)(C)[C@H]1CCc2nc3sc(C(=O)N[C@H](CCN4CCC(O)CC4)c4ccc(N5CC(=O)NC5=O)nc4)nc3cc2C1. The summed E-state index contributed by atoms with van der Waals surface area (Å²) >= 11 is 1.32. The number of thiazole rings is 1. The monoisotopic (exact) mass is 605 g/mol. The molecule has 2 atom stereocenters. The third-order valence-corrected chi connectivity index (χ3v) is 9.97. The highest BCUT2D eigenvalue weighted by atomic mass is 32.1. The highest BCUT2D eigenvalue weighted by molar-refractivity contribution is 7.19. The Morgan fingerprint density at radius 3 is 2.65 bits per heavy atom. The van der Waals surface area contributed by atoms with Crippen molar-refractivity contribution in [1.82, 2.24) is 30.5 Å². The summed E-state index contributed by atoms with van der Waals surface area (Å²) in [6.07, 6.45) is 6.55. The number of anilines is 1. The maximum absolute atomic E-state index is 13.6. The number of aliphatic hydroxyl groups is 1. The minimum atomic E-state index is -0.498. The molecule has 2 fully saturated rings. The van der Waals surface area contributed by atoms with E-state index in [4.69, 9.17) is 9.97 Å². The van der Waals surface area contributed by atoms with Gasteiger partial charge in [-0.3, -0.25) is 19.8 Å². The fourth-order valence-corrected chi connectivity index (χ4v) is 7.08. The van der Waals surface area contributed by atoms with Crippen LogP contribution in [0.4, 0.5) is 10.6 Å². The number of hydrogen-bond donors (Lipinski definition) is 3. The molecule has 2 saturated heterocycles. The van der Waals surface area contributed by atoms with Gasteiger partial charge >= 0.3 is 6.03 Å². The molecular formula is C31H39N7O4S. The van der Waals surface area contributed by atoms with Crippen LogP contribution in [0.5, 0.6) is 0 Å². The molecule has 3 N–H and O–H groups in total. The molecule has 0 radical (unpaired) electrons. The minimum Gasteiger partial charge on any atom is -0.393 e. The highest BCUT2D eigenvalue weighted by Gasteiger charge is 2.31. The van der Waals surface area contributed by atoms with Crippen molar-refractivity contribution in [2.24, 2.45) is 11.3 Å². The summed E-state index contributed by atoms with van der Waals surface area (Å²) in [5.74, 6) is 0.330. The van der Waals surface area contributed by atoms with E-state index in [2.05, 4.69) is 47.4 Å². The number of aliphatic hydroxyl groups excluding tert-OH is 1. The van der Waals surface area contributed by atoms with Crippen LogP contribution in [-0.4, -0.2) is 75.1 Å². The van der Waals surface area contributed by atoms with Crippen LogP contribution in [0.3, 0.4) is 0 Å². The van der Waals surface area contributed by atoms with Crippen molar-refractivity contribution in [2.45, 2.75) is 71.4 Å². The fraction of sp³-hybridized carbons (Fsp3) is 0.548. The predicted molar refractivity (Wildman–Crippen MR) is 164 cm³/mol. The van der Waals surface area contributed by atoms with E-state index in [-0.39, 0.29) is 35.9 Å². The minimum absolute atomic E-state index is 0.0713. The lowest BCUT2D eigenvalue weighted by Crippen LogP contribution is -2.38. The number of urea groups is 1. The van der Waals surface area contributed by atoms with Gasteiger partial charge in [0.25, 0.3) is 5.91 Å². The number of fused-ring (bicyclic) bond motifs is 2. The van der Waals surface area contributed by atoms with Crippen LogP contribution in [0.25, 0.3) is 10.3 Å². The maximum Gasteiger partial charge on any atom is 0.330 e. The molecule has 228 valence electrons. The van der Waals surface area contributed by atoms with Gasteiger partial charge in [-0.2, -0.15) is 0 Å². The van der Waals surface area contributed by atoms with Crippen LogP contribution in [0, 0.1) is 11.3 Å². The quantitative estimate of drug-likeness (QED) is 0.347. The zero-order valence-electron chi connectivity index (χ0n) is 24.9. The van der Waals surface area contributed by atoms with Crippen molar-refractivity contribution < 1.29 is 19.5 Å². The number of rotatable bonds is 7. The number of nitrogens with zero attached hydrogens (tertiary/aromatic N) is 5. The Kier molecular flexibility index (Phi) is 8.18. The van der Waals surface area contributed by atoms with Crippen LogP contribution >= 0.6 is 11.3 Å². The summed E-state index contributed by atoms with van der Waals surface area (Å²) in [5, 5.41) is 15.7. The molecule has 2 aliphatic heterocycles. The van der Waals surface area contributed by atoms with E-state index in [1.54, 1.807) is 12.3 Å². The number of likely N-dealkylation sites (tertiary alicyclic amines) is 1. The normalized spacial score (nSPS) is 20.7. The molecule has 3 aromatic heterocycles. The first-order chi connectivity index (χ1) is 20.5. The Bertz CT molecular complexity index is 1530. The van der Waals surface area contributed by atoms with E-state index >= 15 is 0 Å². The fourth-order valence-electron chi connectivity index (χ4n) is 6.24. The van der Waals surface area contributed by atoms with Crippen LogP contribution in [-0.2, 0) is 17.6 Å². The Balaban J connectivity index is 1.20. The van der Waals surface area contributed by atoms with Gasteiger partial charge in [-0.25, -0.2) is 19.7 Å². The number of imide groups is 1. The average Bonchev–Trinajstić information content (AvgIpc) is 3.55. The van der Waals surface area contributed by atoms with Gasteiger partial charge in [0.2, 0.25) is 5.91 Å². The molecule has 1 aliphatic carbocycles. The molecule has 4 amide bonds. The third-order valence-electron chi connectivity index (χ3n) is 9.01. The summed E-state index contributed by atoms with van der Waals surface area (Å²) in [4.78, 5) is 55.7. The molecule has 12 heteroatoms. The number of carbonyl (C=O) groups is 3. The number of amides is 4. The van der Waals surface area contributed by atoms with Crippen LogP contribution in [0.2, 0.25) is 0 Å². The van der Waals surface area contributed by atoms with Crippen molar-refractivity contribution in [3.63, 3.8) is 0 Å². The number of piperidine rings is 1. The first kappa shape index (κ1) is 29.6. The molecule has 0 spiro atoms. The average molecular weight is 606 g/mol. The molecule has 3 aromatic rings. The summed E-state index contributed by atoms with van der Waals surface area (Å²) in [5.41, 5.74) is 4.14. The second-order valence-corrected chi connectivity index (χ2v) is 14.0. The van der Waals surface area contributed by atoms with E-state index in [1.165, 1.54) is 21.8 Å². The number of hydrogen-bond acceptors (Lipinski definition) is 9. The number of carbonyl (C=O) groups excluding carboxylic acids is 3. The first-order valence-corrected chi connectivity index (χ1v) is 15.9. The van der Waals surface area contributed by atoms with Gasteiger partial charge in [-0.1, -0.05) is 38.2 Å². The summed E-state index contributed by atoms with van der Waals surface area (Å²) in [6.45, 7) is 9.15. The molecule has 6 rings (SSSR count). The van der Waals surface area contributed by atoms with Gasteiger partial charge in [-0.15, -0.1) is 0 Å². The van der Waals surface area contributed by atoms with Crippen LogP contribution in [0.1, 0.15) is 79.1 Å². The molecule has 0 aromatic carbocycles. The summed E-state index contributed by atoms with van der Waals surface area (Å²) in [6, 6.07) is 4.80. The zero-order chi connectivity index (χ0) is 30.3. The van der Waals surface area contributed by atoms with Crippen molar-refractivity contribution >= 4 is 45.3 Å². The molecule has 0 bridgehead atoms. The third kappa shape index (κ3) is 6.56. The Labute approximate surface area is 255 Å². The van der Waals surface area contributed by atoms with Crippen molar-refractivity contribution in [3.05, 3.63) is 46.2 Å². The van der Waals surface area contributed by atoms with Gasteiger partial charge in [0, 0.05) is 31.5 Å². The molecule has 3 aliphatic rings. The maximum atomic E-state index is 13.6.